The van der Waals surface area contributed by atoms with E-state index in [0.29, 0.717) is 0 Å². The smallest absolute Gasteiger partial charge is 0.232 e. The van der Waals surface area contributed by atoms with E-state index >= 15 is 0 Å². The highest BCUT2D eigenvalue weighted by Crippen LogP contribution is 2.12. The molecule has 0 atom stereocenters. The number of nitrogens with zero attached hydrogens (tertiary/aromatic N) is 3. The van der Waals surface area contributed by atoms with Crippen LogP contribution in [0.15, 0.2) is 0 Å². The normalized spacial score (nSPS) is 10.2. The first kappa shape index (κ1) is 8.70. The first-order valence-corrected chi connectivity index (χ1v) is 3.63. The Bertz CT molecular complexity index is 317. The fraction of sp³-hybridized carbons (Fsp3) is 0.571. The van der Waals surface area contributed by atoms with Gasteiger partial charge in [0.1, 0.15) is 0 Å². The number of hydrogen-bond acceptors (Lipinski definition) is 3. The molecule has 0 saturated carbocycles. The lowest BCUT2D eigenvalue weighted by atomic mass is 10.2. The highest BCUT2D eigenvalue weighted by molar-refractivity contribution is 5.22. The van der Waals surface area contributed by atoms with Crippen LogP contribution in [0.4, 0.5) is 0 Å². The molecule has 1 heterocycles. The maximum absolute atomic E-state index is 10.3. The molecule has 0 aliphatic rings. The van der Waals surface area contributed by atoms with Crippen LogP contribution >= 0.6 is 0 Å². The number of aryl methyl sites for hydroxylation is 2. The third-order valence-corrected chi connectivity index (χ3v) is 1.95. The van der Waals surface area contributed by atoms with E-state index in [4.69, 9.17) is 0 Å². The summed E-state index contributed by atoms with van der Waals surface area (Å²) in [5, 5.41) is 14.3. The van der Waals surface area contributed by atoms with Gasteiger partial charge in [0.2, 0.25) is 6.54 Å². The molecule has 0 aromatic carbocycles. The van der Waals surface area contributed by atoms with Gasteiger partial charge in [-0.15, -0.1) is 0 Å². The summed E-state index contributed by atoms with van der Waals surface area (Å²) in [4.78, 5) is 9.91. The van der Waals surface area contributed by atoms with Crippen molar-refractivity contribution in [2.24, 2.45) is 7.05 Å². The van der Waals surface area contributed by atoms with E-state index in [1.807, 2.05) is 6.92 Å². The first-order valence-electron chi connectivity index (χ1n) is 3.63. The summed E-state index contributed by atoms with van der Waals surface area (Å²) >= 11 is 0. The van der Waals surface area contributed by atoms with Crippen molar-refractivity contribution in [3.63, 3.8) is 0 Å². The minimum Gasteiger partial charge on any atom is -0.272 e. The lowest BCUT2D eigenvalue weighted by Gasteiger charge is -1.94. The van der Waals surface area contributed by atoms with Gasteiger partial charge in [-0.2, -0.15) is 5.10 Å². The van der Waals surface area contributed by atoms with Gasteiger partial charge in [0.25, 0.3) is 0 Å². The molecule has 1 rings (SSSR count). The number of nitro groups is 1. The molecular formula is C7H11N3O2. The molecule has 1 aromatic heterocycles. The molecule has 0 aliphatic heterocycles. The van der Waals surface area contributed by atoms with E-state index in [2.05, 4.69) is 5.10 Å². The van der Waals surface area contributed by atoms with Crippen LogP contribution in [0.1, 0.15) is 17.0 Å². The van der Waals surface area contributed by atoms with Crippen LogP contribution in [0, 0.1) is 24.0 Å². The second kappa shape index (κ2) is 2.92. The van der Waals surface area contributed by atoms with Crippen molar-refractivity contribution in [2.75, 3.05) is 0 Å². The highest BCUT2D eigenvalue weighted by atomic mass is 16.6. The van der Waals surface area contributed by atoms with Crippen molar-refractivity contribution in [3.8, 4) is 0 Å². The van der Waals surface area contributed by atoms with Crippen molar-refractivity contribution in [3.05, 3.63) is 27.1 Å². The second-order valence-electron chi connectivity index (χ2n) is 2.76. The molecule has 5 heteroatoms. The molecule has 0 aliphatic carbocycles. The van der Waals surface area contributed by atoms with Gasteiger partial charge >= 0.3 is 0 Å². The van der Waals surface area contributed by atoms with E-state index in [1.165, 1.54) is 0 Å². The maximum Gasteiger partial charge on any atom is 0.232 e. The molecule has 0 amide bonds. The lowest BCUT2D eigenvalue weighted by molar-refractivity contribution is -0.497. The summed E-state index contributed by atoms with van der Waals surface area (Å²) in [7, 11) is 1.78. The molecule has 0 N–H and O–H groups in total. The molecule has 66 valence electrons. The van der Waals surface area contributed by atoms with Crippen LogP contribution in [0.3, 0.4) is 0 Å². The van der Waals surface area contributed by atoms with Gasteiger partial charge in [0.05, 0.1) is 11.3 Å². The van der Waals surface area contributed by atoms with Gasteiger partial charge < -0.3 is 0 Å². The average Bonchev–Trinajstić information content (AvgIpc) is 2.16. The zero-order valence-corrected chi connectivity index (χ0v) is 7.37. The van der Waals surface area contributed by atoms with E-state index in [0.717, 1.165) is 17.0 Å². The fourth-order valence-electron chi connectivity index (χ4n) is 1.18. The summed E-state index contributed by atoms with van der Waals surface area (Å²) in [5.74, 6) is 0. The SMILES string of the molecule is Cc1nn(C)c(C)c1C[N+](=O)[O-]. The highest BCUT2D eigenvalue weighted by Gasteiger charge is 2.13. The van der Waals surface area contributed by atoms with Gasteiger partial charge in [0, 0.05) is 17.7 Å². The zero-order valence-electron chi connectivity index (χ0n) is 7.37. The Balaban J connectivity index is 3.05. The van der Waals surface area contributed by atoms with E-state index in [1.54, 1.807) is 18.7 Å². The van der Waals surface area contributed by atoms with Crippen molar-refractivity contribution >= 4 is 0 Å². The molecule has 5 nitrogen and oxygen atoms in total. The summed E-state index contributed by atoms with van der Waals surface area (Å²) in [6.07, 6.45) is 0. The Morgan fingerprint density at radius 1 is 1.58 bits per heavy atom. The summed E-state index contributed by atoms with van der Waals surface area (Å²) in [5.41, 5.74) is 2.33. The standard InChI is InChI=1S/C7H11N3O2/c1-5-7(4-10(11)12)6(2)9(3)8-5/h4H2,1-3H3. The van der Waals surface area contributed by atoms with Gasteiger partial charge in [-0.1, -0.05) is 0 Å². The summed E-state index contributed by atoms with van der Waals surface area (Å²) < 4.78 is 1.66. The van der Waals surface area contributed by atoms with Crippen molar-refractivity contribution in [1.29, 1.82) is 0 Å². The van der Waals surface area contributed by atoms with E-state index < -0.39 is 0 Å². The minimum atomic E-state index is -0.336. The first-order chi connectivity index (χ1) is 5.52. The van der Waals surface area contributed by atoms with Crippen LogP contribution in [0.25, 0.3) is 0 Å². The summed E-state index contributed by atoms with van der Waals surface area (Å²) in [6.45, 7) is 3.48. The molecule has 0 radical (unpaired) electrons. The molecular weight excluding hydrogens is 158 g/mol. The average molecular weight is 169 g/mol. The minimum absolute atomic E-state index is 0.133. The predicted octanol–water partition coefficient (Wildman–Crippen LogP) is 0.814. The van der Waals surface area contributed by atoms with Crippen LogP contribution in [0.2, 0.25) is 0 Å². The Morgan fingerprint density at radius 2 is 2.17 bits per heavy atom. The summed E-state index contributed by atoms with van der Waals surface area (Å²) in [6, 6.07) is 0. The van der Waals surface area contributed by atoms with Crippen LogP contribution in [-0.4, -0.2) is 14.7 Å². The predicted molar refractivity (Wildman–Crippen MR) is 43.4 cm³/mol. The molecule has 12 heavy (non-hydrogen) atoms. The number of aromatic nitrogens is 2. The van der Waals surface area contributed by atoms with Gasteiger partial charge in [-0.25, -0.2) is 0 Å². The van der Waals surface area contributed by atoms with Gasteiger partial charge in [-0.05, 0) is 13.8 Å². The Kier molecular flexibility index (Phi) is 2.12. The van der Waals surface area contributed by atoms with Crippen LogP contribution in [0.5, 0.6) is 0 Å². The fourth-order valence-corrected chi connectivity index (χ4v) is 1.18. The monoisotopic (exact) mass is 169 g/mol. The molecule has 1 aromatic rings. The quantitative estimate of drug-likeness (QED) is 0.486. The topological polar surface area (TPSA) is 61.0 Å². The third kappa shape index (κ3) is 1.44. The van der Waals surface area contributed by atoms with E-state index in [9.17, 15) is 10.1 Å². The molecule has 0 fully saturated rings. The molecule has 0 saturated heterocycles. The van der Waals surface area contributed by atoms with Crippen molar-refractivity contribution in [1.82, 2.24) is 9.78 Å². The Hall–Kier alpha value is -1.39. The molecule has 0 spiro atoms. The number of hydrogen-bond donors (Lipinski definition) is 0. The van der Waals surface area contributed by atoms with Crippen LogP contribution < -0.4 is 0 Å². The Labute approximate surface area is 70.2 Å². The second-order valence-corrected chi connectivity index (χ2v) is 2.76. The Morgan fingerprint density at radius 3 is 2.50 bits per heavy atom. The van der Waals surface area contributed by atoms with Crippen LogP contribution in [-0.2, 0) is 13.6 Å². The van der Waals surface area contributed by atoms with E-state index in [-0.39, 0.29) is 11.5 Å². The van der Waals surface area contributed by atoms with Gasteiger partial charge in [0.15, 0.2) is 0 Å². The third-order valence-electron chi connectivity index (χ3n) is 1.95. The van der Waals surface area contributed by atoms with Gasteiger partial charge in [-0.3, -0.25) is 14.8 Å². The van der Waals surface area contributed by atoms with Crippen molar-refractivity contribution in [2.45, 2.75) is 20.4 Å². The number of rotatable bonds is 2. The maximum atomic E-state index is 10.3. The molecule has 0 unspecified atom stereocenters. The lowest BCUT2D eigenvalue weighted by Crippen LogP contribution is -2.01. The zero-order chi connectivity index (χ0) is 9.30. The largest absolute Gasteiger partial charge is 0.272 e. The molecule has 0 bridgehead atoms. The van der Waals surface area contributed by atoms with Crippen molar-refractivity contribution < 1.29 is 4.92 Å².